The number of carbonyl (C=O) groups is 1. The molecule has 0 aliphatic heterocycles. The van der Waals surface area contributed by atoms with Gasteiger partial charge in [0, 0.05) is 11.6 Å². The molecule has 1 amide bonds. The van der Waals surface area contributed by atoms with Crippen molar-refractivity contribution in [2.45, 2.75) is 0 Å². The van der Waals surface area contributed by atoms with Crippen molar-refractivity contribution in [1.82, 2.24) is 0 Å². The fraction of sp³-hybridized carbons (Fsp3) is 0. The van der Waals surface area contributed by atoms with Gasteiger partial charge >= 0.3 is 0 Å². The zero-order valence-electron chi connectivity index (χ0n) is 11.1. The van der Waals surface area contributed by atoms with E-state index in [0.717, 1.165) is 18.2 Å². The second kappa shape index (κ2) is 6.83. The fourth-order valence-electron chi connectivity index (χ4n) is 1.67. The summed E-state index contributed by atoms with van der Waals surface area (Å²) in [6.07, 6.45) is 1.04. The molecule has 0 spiro atoms. The molecule has 3 nitrogen and oxygen atoms in total. The lowest BCUT2D eigenvalue weighted by Gasteiger charge is -2.06. The number of rotatable bonds is 3. The van der Waals surface area contributed by atoms with Gasteiger partial charge in [0.25, 0.3) is 5.91 Å². The van der Waals surface area contributed by atoms with Crippen LogP contribution in [0, 0.1) is 23.0 Å². The highest BCUT2D eigenvalue weighted by atomic mass is 35.5. The van der Waals surface area contributed by atoms with Gasteiger partial charge in [-0.3, -0.25) is 4.79 Å². The summed E-state index contributed by atoms with van der Waals surface area (Å²) < 4.78 is 26.4. The molecule has 0 saturated heterocycles. The largest absolute Gasteiger partial charge is 0.320 e. The standard InChI is InChI=1S/C16H9ClF2N2O/c17-13-3-1-2-4-15(13)21-16(22)11(9-20)7-10-5-6-12(18)8-14(10)19/h1-8H,(H,21,22). The Balaban J connectivity index is 2.28. The Morgan fingerprint density at radius 3 is 2.59 bits per heavy atom. The van der Waals surface area contributed by atoms with Crippen molar-refractivity contribution in [1.29, 1.82) is 5.26 Å². The minimum Gasteiger partial charge on any atom is -0.320 e. The summed E-state index contributed by atoms with van der Waals surface area (Å²) >= 11 is 5.90. The van der Waals surface area contributed by atoms with Gasteiger partial charge < -0.3 is 5.32 Å². The van der Waals surface area contributed by atoms with Crippen LogP contribution < -0.4 is 5.32 Å². The van der Waals surface area contributed by atoms with Gasteiger partial charge in [0.05, 0.1) is 10.7 Å². The molecule has 22 heavy (non-hydrogen) atoms. The summed E-state index contributed by atoms with van der Waals surface area (Å²) in [5, 5.41) is 11.8. The van der Waals surface area contributed by atoms with Crippen LogP contribution in [0.25, 0.3) is 6.08 Å². The number of para-hydroxylation sites is 1. The SMILES string of the molecule is N#CC(=Cc1ccc(F)cc1F)C(=O)Nc1ccccc1Cl. The quantitative estimate of drug-likeness (QED) is 0.682. The maximum Gasteiger partial charge on any atom is 0.266 e. The van der Waals surface area contributed by atoms with Gasteiger partial charge in [0.1, 0.15) is 23.3 Å². The second-order valence-electron chi connectivity index (χ2n) is 4.27. The normalized spacial score (nSPS) is 10.9. The molecule has 0 atom stereocenters. The molecule has 0 aliphatic rings. The van der Waals surface area contributed by atoms with E-state index in [1.54, 1.807) is 30.3 Å². The van der Waals surface area contributed by atoms with Crippen LogP contribution in [0.15, 0.2) is 48.0 Å². The maximum absolute atomic E-state index is 13.6. The van der Waals surface area contributed by atoms with Crippen molar-refractivity contribution in [2.24, 2.45) is 0 Å². The highest BCUT2D eigenvalue weighted by molar-refractivity contribution is 6.34. The molecule has 0 heterocycles. The number of nitrogens with one attached hydrogen (secondary N) is 1. The second-order valence-corrected chi connectivity index (χ2v) is 4.68. The molecule has 0 fully saturated rings. The number of nitrogens with zero attached hydrogens (tertiary/aromatic N) is 1. The fourth-order valence-corrected chi connectivity index (χ4v) is 1.86. The Bertz CT molecular complexity index is 797. The van der Waals surface area contributed by atoms with Crippen LogP contribution in [0.4, 0.5) is 14.5 Å². The van der Waals surface area contributed by atoms with E-state index >= 15 is 0 Å². The van der Waals surface area contributed by atoms with Gasteiger partial charge in [-0.05, 0) is 30.3 Å². The van der Waals surface area contributed by atoms with Gasteiger partial charge in [-0.2, -0.15) is 5.26 Å². The Hall–Kier alpha value is -2.71. The van der Waals surface area contributed by atoms with Crippen LogP contribution in [-0.4, -0.2) is 5.91 Å². The molecule has 110 valence electrons. The van der Waals surface area contributed by atoms with E-state index < -0.39 is 17.5 Å². The Labute approximate surface area is 130 Å². The van der Waals surface area contributed by atoms with E-state index in [1.807, 2.05) is 0 Å². The molecular formula is C16H9ClF2N2O. The molecule has 0 aliphatic carbocycles. The highest BCUT2D eigenvalue weighted by Crippen LogP contribution is 2.21. The molecule has 0 aromatic heterocycles. The average molecular weight is 319 g/mol. The molecule has 2 aromatic rings. The van der Waals surface area contributed by atoms with Crippen LogP contribution in [-0.2, 0) is 4.79 Å². The van der Waals surface area contributed by atoms with Crippen molar-refractivity contribution in [3.05, 3.63) is 70.3 Å². The predicted octanol–water partition coefficient (Wildman–Crippen LogP) is 4.16. The number of nitriles is 1. The van der Waals surface area contributed by atoms with Gasteiger partial charge in [-0.1, -0.05) is 23.7 Å². The van der Waals surface area contributed by atoms with Crippen LogP contribution in [0.2, 0.25) is 5.02 Å². The van der Waals surface area contributed by atoms with E-state index in [4.69, 9.17) is 16.9 Å². The van der Waals surface area contributed by atoms with Crippen LogP contribution in [0.3, 0.4) is 0 Å². The molecule has 0 unspecified atom stereocenters. The summed E-state index contributed by atoms with van der Waals surface area (Å²) in [4.78, 5) is 12.0. The number of hydrogen-bond donors (Lipinski definition) is 1. The lowest BCUT2D eigenvalue weighted by Crippen LogP contribution is -2.13. The molecular weight excluding hydrogens is 310 g/mol. The van der Waals surface area contributed by atoms with Crippen molar-refractivity contribution >= 4 is 29.3 Å². The monoisotopic (exact) mass is 318 g/mol. The average Bonchev–Trinajstić information content (AvgIpc) is 2.49. The number of benzene rings is 2. The zero-order chi connectivity index (χ0) is 16.1. The van der Waals surface area contributed by atoms with Gasteiger partial charge in [0.2, 0.25) is 0 Å². The third-order valence-electron chi connectivity index (χ3n) is 2.75. The molecule has 2 aromatic carbocycles. The highest BCUT2D eigenvalue weighted by Gasteiger charge is 2.12. The third-order valence-corrected chi connectivity index (χ3v) is 3.08. The minimum atomic E-state index is -0.863. The topological polar surface area (TPSA) is 52.9 Å². The zero-order valence-corrected chi connectivity index (χ0v) is 11.9. The number of anilines is 1. The molecule has 1 N–H and O–H groups in total. The molecule has 0 saturated carbocycles. The minimum absolute atomic E-state index is 0.0627. The summed E-state index contributed by atoms with van der Waals surface area (Å²) in [5.41, 5.74) is -0.0624. The summed E-state index contributed by atoms with van der Waals surface area (Å²) in [7, 11) is 0. The summed E-state index contributed by atoms with van der Waals surface area (Å²) in [6, 6.07) is 11.0. The van der Waals surface area contributed by atoms with Gasteiger partial charge in [0.15, 0.2) is 0 Å². The first kappa shape index (κ1) is 15.7. The van der Waals surface area contributed by atoms with Crippen LogP contribution in [0.5, 0.6) is 0 Å². The molecule has 0 bridgehead atoms. The molecule has 2 rings (SSSR count). The van der Waals surface area contributed by atoms with Crippen molar-refractivity contribution in [3.8, 4) is 6.07 Å². The van der Waals surface area contributed by atoms with Crippen LogP contribution >= 0.6 is 11.6 Å². The van der Waals surface area contributed by atoms with E-state index in [1.165, 1.54) is 0 Å². The van der Waals surface area contributed by atoms with Gasteiger partial charge in [-0.25, -0.2) is 8.78 Å². The van der Waals surface area contributed by atoms with E-state index in [-0.39, 0.29) is 11.1 Å². The number of amides is 1. The third kappa shape index (κ3) is 3.68. The molecule has 0 radical (unpaired) electrons. The Morgan fingerprint density at radius 2 is 1.95 bits per heavy atom. The van der Waals surface area contributed by atoms with Crippen molar-refractivity contribution in [3.63, 3.8) is 0 Å². The smallest absolute Gasteiger partial charge is 0.266 e. The first-order chi connectivity index (χ1) is 10.5. The molecule has 6 heteroatoms. The Kier molecular flexibility index (Phi) is 4.87. The van der Waals surface area contributed by atoms with Crippen LogP contribution in [0.1, 0.15) is 5.56 Å². The maximum atomic E-state index is 13.6. The van der Waals surface area contributed by atoms with E-state index in [9.17, 15) is 13.6 Å². The van der Waals surface area contributed by atoms with E-state index in [2.05, 4.69) is 5.32 Å². The lowest BCUT2D eigenvalue weighted by molar-refractivity contribution is -0.112. The van der Waals surface area contributed by atoms with E-state index in [0.29, 0.717) is 16.8 Å². The number of hydrogen-bond acceptors (Lipinski definition) is 2. The first-order valence-electron chi connectivity index (χ1n) is 6.14. The lowest BCUT2D eigenvalue weighted by atomic mass is 10.1. The van der Waals surface area contributed by atoms with Gasteiger partial charge in [-0.15, -0.1) is 0 Å². The predicted molar refractivity (Wildman–Crippen MR) is 80.0 cm³/mol. The number of carbonyl (C=O) groups excluding carboxylic acids is 1. The Morgan fingerprint density at radius 1 is 1.23 bits per heavy atom. The summed E-state index contributed by atoms with van der Waals surface area (Å²) in [5.74, 6) is -2.34. The number of halogens is 3. The van der Waals surface area contributed by atoms with Crippen molar-refractivity contribution in [2.75, 3.05) is 5.32 Å². The first-order valence-corrected chi connectivity index (χ1v) is 6.52. The summed E-state index contributed by atoms with van der Waals surface area (Å²) in [6.45, 7) is 0. The van der Waals surface area contributed by atoms with Crippen molar-refractivity contribution < 1.29 is 13.6 Å².